The van der Waals surface area contributed by atoms with Gasteiger partial charge in [0.2, 0.25) is 0 Å². The van der Waals surface area contributed by atoms with E-state index < -0.39 is 0 Å². The number of aromatic nitrogens is 4. The standard InChI is InChI=1S/C57H34N4O2/c1-2-14-35(15-3-1)55-58-56(60-57(59-55)39-30-31-45-44-21-5-8-27-49(44)63-52(45)34-39)38-18-11-19-40(33-38)61-48-26-7-4-20-43(48)46-25-12-24-42(54(46)61)37-17-10-16-36(32-37)41-23-13-29-51-53(41)47-22-6-9-28-50(47)62-51/h1-34H. The number of para-hydroxylation sites is 4. The normalized spacial score (nSPS) is 11.8. The van der Waals surface area contributed by atoms with Crippen molar-refractivity contribution in [3.63, 3.8) is 0 Å². The maximum absolute atomic E-state index is 6.29. The fourth-order valence-corrected chi connectivity index (χ4v) is 9.39. The minimum Gasteiger partial charge on any atom is -0.456 e. The van der Waals surface area contributed by atoms with Crippen LogP contribution in [0.1, 0.15) is 0 Å². The minimum atomic E-state index is 0.574. The van der Waals surface area contributed by atoms with Crippen molar-refractivity contribution in [1.29, 1.82) is 0 Å². The molecule has 6 heteroatoms. The number of fused-ring (bicyclic) bond motifs is 9. The van der Waals surface area contributed by atoms with E-state index in [1.807, 2.05) is 66.7 Å². The topological polar surface area (TPSA) is 69.9 Å². The van der Waals surface area contributed by atoms with Crippen LogP contribution in [0, 0.1) is 0 Å². The van der Waals surface area contributed by atoms with Gasteiger partial charge in [-0.15, -0.1) is 0 Å². The van der Waals surface area contributed by atoms with E-state index in [0.29, 0.717) is 17.5 Å². The molecule has 13 rings (SSSR count). The van der Waals surface area contributed by atoms with Crippen LogP contribution >= 0.6 is 0 Å². The quantitative estimate of drug-likeness (QED) is 0.167. The average Bonchev–Trinajstić information content (AvgIpc) is 4.04. The first-order valence-corrected chi connectivity index (χ1v) is 21.1. The Labute approximate surface area is 361 Å². The predicted octanol–water partition coefficient (Wildman–Crippen LogP) is 15.1. The van der Waals surface area contributed by atoms with Crippen LogP contribution in [0.25, 0.3) is 128 Å². The molecule has 4 aromatic heterocycles. The number of hydrogen-bond donors (Lipinski definition) is 0. The van der Waals surface area contributed by atoms with Crippen LogP contribution in [0.2, 0.25) is 0 Å². The van der Waals surface area contributed by atoms with E-state index in [-0.39, 0.29) is 0 Å². The van der Waals surface area contributed by atoms with Gasteiger partial charge in [0, 0.05) is 60.3 Å². The molecule has 0 amide bonds. The predicted molar refractivity (Wildman–Crippen MR) is 256 cm³/mol. The highest BCUT2D eigenvalue weighted by atomic mass is 16.3. The Hall–Kier alpha value is -8.61. The second-order valence-electron chi connectivity index (χ2n) is 15.9. The minimum absolute atomic E-state index is 0.574. The third kappa shape index (κ3) is 5.69. The van der Waals surface area contributed by atoms with Gasteiger partial charge in [0.25, 0.3) is 0 Å². The number of benzene rings is 9. The van der Waals surface area contributed by atoms with E-state index in [2.05, 4.69) is 144 Å². The fraction of sp³-hybridized carbons (Fsp3) is 0. The first-order chi connectivity index (χ1) is 31.2. The molecule has 6 nitrogen and oxygen atoms in total. The van der Waals surface area contributed by atoms with E-state index in [1.165, 1.54) is 10.8 Å². The van der Waals surface area contributed by atoms with Crippen LogP contribution in [0.15, 0.2) is 215 Å². The van der Waals surface area contributed by atoms with Crippen LogP contribution in [-0.2, 0) is 0 Å². The van der Waals surface area contributed by atoms with Crippen molar-refractivity contribution in [3.8, 4) is 62.1 Å². The van der Waals surface area contributed by atoms with Crippen LogP contribution < -0.4 is 0 Å². The van der Waals surface area contributed by atoms with E-state index >= 15 is 0 Å². The summed E-state index contributed by atoms with van der Waals surface area (Å²) in [6.07, 6.45) is 0. The van der Waals surface area contributed by atoms with Gasteiger partial charge < -0.3 is 13.4 Å². The van der Waals surface area contributed by atoms with Gasteiger partial charge in [0.05, 0.1) is 11.0 Å². The Morgan fingerprint density at radius 3 is 1.70 bits per heavy atom. The summed E-state index contributed by atoms with van der Waals surface area (Å²) >= 11 is 0. The Morgan fingerprint density at radius 1 is 0.317 bits per heavy atom. The van der Waals surface area contributed by atoms with Crippen LogP contribution in [0.3, 0.4) is 0 Å². The molecule has 0 bridgehead atoms. The lowest BCUT2D eigenvalue weighted by Crippen LogP contribution is -2.01. The number of rotatable bonds is 6. The maximum Gasteiger partial charge on any atom is 0.164 e. The van der Waals surface area contributed by atoms with Crippen molar-refractivity contribution in [2.24, 2.45) is 0 Å². The fourth-order valence-electron chi connectivity index (χ4n) is 9.39. The summed E-state index contributed by atoms with van der Waals surface area (Å²) in [5.41, 5.74) is 13.8. The molecular formula is C57H34N4O2. The molecule has 4 heterocycles. The molecule has 13 aromatic rings. The molecule has 0 aliphatic heterocycles. The molecule has 0 saturated heterocycles. The van der Waals surface area contributed by atoms with Gasteiger partial charge in [0.15, 0.2) is 17.5 Å². The first kappa shape index (κ1) is 35.2. The van der Waals surface area contributed by atoms with Crippen molar-refractivity contribution < 1.29 is 8.83 Å². The molecule has 0 saturated carbocycles. The largest absolute Gasteiger partial charge is 0.456 e. The molecular weight excluding hydrogens is 773 g/mol. The molecule has 0 N–H and O–H groups in total. The Bertz CT molecular complexity index is 3930. The van der Waals surface area contributed by atoms with Gasteiger partial charge in [0.1, 0.15) is 22.3 Å². The molecule has 0 aliphatic rings. The van der Waals surface area contributed by atoms with Gasteiger partial charge >= 0.3 is 0 Å². The van der Waals surface area contributed by atoms with Gasteiger partial charge in [-0.05, 0) is 71.3 Å². The molecule has 0 spiro atoms. The molecule has 0 aliphatic carbocycles. The van der Waals surface area contributed by atoms with E-state index in [0.717, 1.165) is 99.5 Å². The summed E-state index contributed by atoms with van der Waals surface area (Å²) in [7, 11) is 0. The Balaban J connectivity index is 0.982. The molecule has 0 fully saturated rings. The monoisotopic (exact) mass is 806 g/mol. The number of furan rings is 2. The average molecular weight is 807 g/mol. The van der Waals surface area contributed by atoms with Crippen molar-refractivity contribution in [2.45, 2.75) is 0 Å². The van der Waals surface area contributed by atoms with Gasteiger partial charge in [-0.3, -0.25) is 0 Å². The smallest absolute Gasteiger partial charge is 0.164 e. The van der Waals surface area contributed by atoms with Crippen LogP contribution in [0.4, 0.5) is 0 Å². The first-order valence-electron chi connectivity index (χ1n) is 21.1. The zero-order chi connectivity index (χ0) is 41.4. The molecule has 0 radical (unpaired) electrons. The molecule has 9 aromatic carbocycles. The van der Waals surface area contributed by atoms with Gasteiger partial charge in [-0.25, -0.2) is 15.0 Å². The number of nitrogens with zero attached hydrogens (tertiary/aromatic N) is 4. The maximum atomic E-state index is 6.29. The summed E-state index contributed by atoms with van der Waals surface area (Å²) in [6, 6.07) is 71.7. The summed E-state index contributed by atoms with van der Waals surface area (Å²) in [4.78, 5) is 15.3. The van der Waals surface area contributed by atoms with Gasteiger partial charge in [-0.2, -0.15) is 0 Å². The second-order valence-corrected chi connectivity index (χ2v) is 15.9. The summed E-state index contributed by atoms with van der Waals surface area (Å²) in [5.74, 6) is 1.76. The summed E-state index contributed by atoms with van der Waals surface area (Å²) in [5, 5.41) is 6.74. The third-order valence-electron chi connectivity index (χ3n) is 12.2. The lowest BCUT2D eigenvalue weighted by Gasteiger charge is -2.14. The van der Waals surface area contributed by atoms with E-state index in [4.69, 9.17) is 23.8 Å². The SMILES string of the molecule is c1ccc(-c2nc(-c3cccc(-n4c5ccccc5c5cccc(-c6cccc(-c7cccc8oc9ccccc9c78)c6)c54)c3)nc(-c3ccc4c(c3)oc3ccccc34)n2)cc1. The Morgan fingerprint density at radius 2 is 0.857 bits per heavy atom. The lowest BCUT2D eigenvalue weighted by atomic mass is 9.95. The highest BCUT2D eigenvalue weighted by Gasteiger charge is 2.20. The van der Waals surface area contributed by atoms with Crippen molar-refractivity contribution in [1.82, 2.24) is 19.5 Å². The van der Waals surface area contributed by atoms with E-state index in [1.54, 1.807) is 0 Å². The van der Waals surface area contributed by atoms with Gasteiger partial charge in [-0.1, -0.05) is 152 Å². The summed E-state index contributed by atoms with van der Waals surface area (Å²) < 4.78 is 15.0. The molecule has 0 unspecified atom stereocenters. The summed E-state index contributed by atoms with van der Waals surface area (Å²) in [6.45, 7) is 0. The zero-order valence-electron chi connectivity index (χ0n) is 33.7. The highest BCUT2D eigenvalue weighted by Crippen LogP contribution is 2.42. The van der Waals surface area contributed by atoms with Crippen LogP contribution in [0.5, 0.6) is 0 Å². The molecule has 0 atom stereocenters. The van der Waals surface area contributed by atoms with Crippen molar-refractivity contribution in [2.75, 3.05) is 0 Å². The Kier molecular flexibility index (Phi) is 7.80. The molecule has 63 heavy (non-hydrogen) atoms. The van der Waals surface area contributed by atoms with Crippen LogP contribution in [-0.4, -0.2) is 19.5 Å². The third-order valence-corrected chi connectivity index (χ3v) is 12.2. The van der Waals surface area contributed by atoms with Crippen molar-refractivity contribution in [3.05, 3.63) is 206 Å². The number of hydrogen-bond acceptors (Lipinski definition) is 5. The molecule has 294 valence electrons. The van der Waals surface area contributed by atoms with E-state index in [9.17, 15) is 0 Å². The highest BCUT2D eigenvalue weighted by molar-refractivity contribution is 6.15. The lowest BCUT2D eigenvalue weighted by molar-refractivity contribution is 0.668. The van der Waals surface area contributed by atoms with Crippen molar-refractivity contribution >= 4 is 65.7 Å². The second kappa shape index (κ2) is 14.0. The zero-order valence-corrected chi connectivity index (χ0v) is 33.7.